The minimum Gasteiger partial charge on any atom is -0.326 e. The Bertz CT molecular complexity index is 483. The number of carbonyl (C=O) groups is 1. The molecule has 2 fully saturated rings. The Morgan fingerprint density at radius 1 is 1.20 bits per heavy atom. The van der Waals surface area contributed by atoms with Gasteiger partial charge in [-0.3, -0.25) is 4.79 Å². The Labute approximate surface area is 129 Å². The third-order valence-corrected chi connectivity index (χ3v) is 7.49. The second-order valence-corrected chi connectivity index (χ2v) is 8.94. The summed E-state index contributed by atoms with van der Waals surface area (Å²) >= 11 is 4.09. The van der Waals surface area contributed by atoms with Crippen molar-refractivity contribution in [3.8, 4) is 0 Å². The van der Waals surface area contributed by atoms with Crippen LogP contribution in [0.1, 0.15) is 20.3 Å². The Hall–Kier alpha value is -0.610. The first-order chi connectivity index (χ1) is 9.60. The van der Waals surface area contributed by atoms with E-state index in [0.29, 0.717) is 10.5 Å². The molecule has 1 aromatic rings. The van der Waals surface area contributed by atoms with Gasteiger partial charge in [0.1, 0.15) is 0 Å². The maximum atomic E-state index is 12.5. The zero-order chi connectivity index (χ0) is 14.2. The lowest BCUT2D eigenvalue weighted by molar-refractivity contribution is -0.118. The molecular formula is C16H21NOS2. The first-order valence-electron chi connectivity index (χ1n) is 7.20. The zero-order valence-electron chi connectivity index (χ0n) is 12.0. The van der Waals surface area contributed by atoms with Crippen LogP contribution in [-0.2, 0) is 4.79 Å². The normalized spacial score (nSPS) is 28.9. The number of rotatable bonds is 3. The molecule has 1 amide bonds. The molecule has 1 saturated carbocycles. The van der Waals surface area contributed by atoms with Gasteiger partial charge in [0.05, 0.1) is 4.58 Å². The number of hydrogen-bond donors (Lipinski definition) is 1. The summed E-state index contributed by atoms with van der Waals surface area (Å²) in [6.45, 7) is 4.48. The van der Waals surface area contributed by atoms with Crippen molar-refractivity contribution in [2.45, 2.75) is 24.9 Å². The van der Waals surface area contributed by atoms with Crippen LogP contribution < -0.4 is 5.32 Å². The quantitative estimate of drug-likeness (QED) is 0.912. The highest BCUT2D eigenvalue weighted by molar-refractivity contribution is 8.17. The van der Waals surface area contributed by atoms with Gasteiger partial charge in [0.15, 0.2) is 0 Å². The molecule has 0 spiro atoms. The molecular weight excluding hydrogens is 286 g/mol. The molecule has 108 valence electrons. The minimum absolute atomic E-state index is 0.140. The Morgan fingerprint density at radius 2 is 1.85 bits per heavy atom. The lowest BCUT2D eigenvalue weighted by Gasteiger charge is -2.22. The molecule has 2 nitrogen and oxygen atoms in total. The molecule has 2 aliphatic rings. The number of anilines is 1. The predicted octanol–water partition coefficient (Wildman–Crippen LogP) is 4.09. The van der Waals surface area contributed by atoms with Crippen molar-refractivity contribution < 1.29 is 4.79 Å². The van der Waals surface area contributed by atoms with E-state index in [1.807, 2.05) is 53.9 Å². The summed E-state index contributed by atoms with van der Waals surface area (Å²) in [5.74, 6) is 3.36. The molecule has 2 unspecified atom stereocenters. The van der Waals surface area contributed by atoms with E-state index < -0.39 is 0 Å². The Morgan fingerprint density at radius 3 is 2.50 bits per heavy atom. The molecule has 2 atom stereocenters. The van der Waals surface area contributed by atoms with Crippen LogP contribution in [-0.4, -0.2) is 22.0 Å². The number of amides is 1. The van der Waals surface area contributed by atoms with E-state index >= 15 is 0 Å². The van der Waals surface area contributed by atoms with E-state index in [9.17, 15) is 4.79 Å². The smallest absolute Gasteiger partial charge is 0.228 e. The standard InChI is InChI=1S/C16H21NOS2/c1-16(2)12(13(16)15-19-9-6-10-20-15)14(18)17-11-7-4-3-5-8-11/h3-5,7-8,12-13,15H,6,9-10H2,1-2H3,(H,17,18). The maximum absolute atomic E-state index is 12.5. The van der Waals surface area contributed by atoms with Gasteiger partial charge in [0.2, 0.25) is 5.91 Å². The number of para-hydroxylation sites is 1. The first-order valence-corrected chi connectivity index (χ1v) is 9.29. The van der Waals surface area contributed by atoms with E-state index in [1.54, 1.807) is 0 Å². The molecule has 1 saturated heterocycles. The van der Waals surface area contributed by atoms with E-state index in [1.165, 1.54) is 17.9 Å². The van der Waals surface area contributed by atoms with E-state index in [-0.39, 0.29) is 17.2 Å². The van der Waals surface area contributed by atoms with Crippen molar-refractivity contribution in [3.05, 3.63) is 30.3 Å². The monoisotopic (exact) mass is 307 g/mol. The molecule has 1 aliphatic carbocycles. The van der Waals surface area contributed by atoms with E-state index in [4.69, 9.17) is 0 Å². The Kier molecular flexibility index (Phi) is 4.04. The lowest BCUT2D eigenvalue weighted by Crippen LogP contribution is -2.18. The van der Waals surface area contributed by atoms with Crippen LogP contribution in [0.4, 0.5) is 5.69 Å². The van der Waals surface area contributed by atoms with E-state index in [0.717, 1.165) is 5.69 Å². The predicted molar refractivity (Wildman–Crippen MR) is 89.2 cm³/mol. The topological polar surface area (TPSA) is 29.1 Å². The summed E-state index contributed by atoms with van der Waals surface area (Å²) in [6, 6.07) is 9.78. The van der Waals surface area contributed by atoms with Gasteiger partial charge in [0.25, 0.3) is 0 Å². The molecule has 1 heterocycles. The highest BCUT2D eigenvalue weighted by Gasteiger charge is 2.64. The van der Waals surface area contributed by atoms with Crippen molar-refractivity contribution >= 4 is 35.1 Å². The molecule has 0 radical (unpaired) electrons. The summed E-state index contributed by atoms with van der Waals surface area (Å²) < 4.78 is 0.602. The van der Waals surface area contributed by atoms with Crippen LogP contribution in [0.25, 0.3) is 0 Å². The molecule has 20 heavy (non-hydrogen) atoms. The maximum Gasteiger partial charge on any atom is 0.228 e. The van der Waals surface area contributed by atoms with Crippen molar-refractivity contribution in [1.29, 1.82) is 0 Å². The molecule has 1 aromatic carbocycles. The molecule has 1 N–H and O–H groups in total. The van der Waals surface area contributed by atoms with Crippen molar-refractivity contribution in [2.75, 3.05) is 16.8 Å². The van der Waals surface area contributed by atoms with Gasteiger partial charge in [0, 0.05) is 11.6 Å². The van der Waals surface area contributed by atoms with Crippen molar-refractivity contribution in [3.63, 3.8) is 0 Å². The number of thioether (sulfide) groups is 2. The van der Waals surface area contributed by atoms with Crippen LogP contribution >= 0.6 is 23.5 Å². The number of nitrogens with one attached hydrogen (secondary N) is 1. The fourth-order valence-corrected chi connectivity index (χ4v) is 6.80. The summed E-state index contributed by atoms with van der Waals surface area (Å²) in [4.78, 5) is 12.5. The van der Waals surface area contributed by atoms with Crippen molar-refractivity contribution in [1.82, 2.24) is 0 Å². The van der Waals surface area contributed by atoms with Crippen LogP contribution in [0.5, 0.6) is 0 Å². The number of hydrogen-bond acceptors (Lipinski definition) is 3. The van der Waals surface area contributed by atoms with Crippen LogP contribution in [0.15, 0.2) is 30.3 Å². The third kappa shape index (κ3) is 2.73. The van der Waals surface area contributed by atoms with Gasteiger partial charge in [-0.1, -0.05) is 32.0 Å². The van der Waals surface area contributed by atoms with Gasteiger partial charge >= 0.3 is 0 Å². The SMILES string of the molecule is CC1(C)C(C(=O)Nc2ccccc2)C1C1SCCCS1. The summed E-state index contributed by atoms with van der Waals surface area (Å²) in [7, 11) is 0. The largest absolute Gasteiger partial charge is 0.326 e. The highest BCUT2D eigenvalue weighted by atomic mass is 32.2. The number of carbonyl (C=O) groups excluding carboxylic acids is 1. The minimum atomic E-state index is 0.140. The molecule has 0 bridgehead atoms. The first kappa shape index (κ1) is 14.3. The fourth-order valence-electron chi connectivity index (χ4n) is 3.14. The average molecular weight is 307 g/mol. The summed E-state index contributed by atoms with van der Waals surface area (Å²) in [6.07, 6.45) is 1.31. The second-order valence-electron chi connectivity index (χ2n) is 6.14. The van der Waals surface area contributed by atoms with Gasteiger partial charge in [-0.15, -0.1) is 23.5 Å². The highest BCUT2D eigenvalue weighted by Crippen LogP contribution is 2.65. The summed E-state index contributed by atoms with van der Waals surface area (Å²) in [5, 5.41) is 3.07. The molecule has 3 rings (SSSR count). The van der Waals surface area contributed by atoms with Gasteiger partial charge < -0.3 is 5.32 Å². The second kappa shape index (κ2) is 5.64. The average Bonchev–Trinajstić information content (AvgIpc) is 3.04. The van der Waals surface area contributed by atoms with Crippen LogP contribution in [0.3, 0.4) is 0 Å². The summed E-state index contributed by atoms with van der Waals surface area (Å²) in [5.41, 5.74) is 1.05. The van der Waals surface area contributed by atoms with Gasteiger partial charge in [-0.2, -0.15) is 0 Å². The van der Waals surface area contributed by atoms with Crippen LogP contribution in [0.2, 0.25) is 0 Å². The molecule has 4 heteroatoms. The van der Waals surface area contributed by atoms with E-state index in [2.05, 4.69) is 19.2 Å². The van der Waals surface area contributed by atoms with Crippen LogP contribution in [0, 0.1) is 17.3 Å². The third-order valence-electron chi connectivity index (χ3n) is 4.38. The number of benzene rings is 1. The van der Waals surface area contributed by atoms with Gasteiger partial charge in [-0.05, 0) is 41.4 Å². The lowest BCUT2D eigenvalue weighted by atomic mass is 10.1. The zero-order valence-corrected chi connectivity index (χ0v) is 13.6. The fraction of sp³-hybridized carbons (Fsp3) is 0.562. The molecule has 0 aromatic heterocycles. The molecule has 1 aliphatic heterocycles. The van der Waals surface area contributed by atoms with Crippen molar-refractivity contribution in [2.24, 2.45) is 17.3 Å². The Balaban J connectivity index is 1.66. The van der Waals surface area contributed by atoms with Gasteiger partial charge in [-0.25, -0.2) is 0 Å².